The highest BCUT2D eigenvalue weighted by atomic mass is 32.2. The quantitative estimate of drug-likeness (QED) is 0.246. The van der Waals surface area contributed by atoms with E-state index >= 15 is 0 Å². The molecule has 41 heavy (non-hydrogen) atoms. The van der Waals surface area contributed by atoms with Gasteiger partial charge in [0.25, 0.3) is 10.0 Å². The second kappa shape index (κ2) is 14.8. The molecule has 3 aromatic carbocycles. The van der Waals surface area contributed by atoms with Crippen molar-refractivity contribution in [1.82, 2.24) is 10.2 Å². The van der Waals surface area contributed by atoms with Crippen LogP contribution >= 0.6 is 0 Å². The van der Waals surface area contributed by atoms with Crippen molar-refractivity contribution in [2.75, 3.05) is 17.4 Å². The minimum atomic E-state index is -4.10. The highest BCUT2D eigenvalue weighted by Gasteiger charge is 2.34. The highest BCUT2D eigenvalue weighted by Crippen LogP contribution is 2.28. The Balaban J connectivity index is 2.06. The van der Waals surface area contributed by atoms with E-state index < -0.39 is 28.5 Å². The van der Waals surface area contributed by atoms with Gasteiger partial charge in [-0.2, -0.15) is 0 Å². The van der Waals surface area contributed by atoms with Gasteiger partial charge in [0.05, 0.1) is 10.6 Å². The van der Waals surface area contributed by atoms with Gasteiger partial charge in [0.1, 0.15) is 12.6 Å². The van der Waals surface area contributed by atoms with Crippen molar-refractivity contribution in [3.05, 3.63) is 95.1 Å². The molecule has 0 saturated carbocycles. The third-order valence-corrected chi connectivity index (χ3v) is 8.99. The Labute approximate surface area is 245 Å². The maximum atomic E-state index is 14.2. The number of hydrogen-bond donors (Lipinski definition) is 1. The summed E-state index contributed by atoms with van der Waals surface area (Å²) in [5.41, 5.74) is 4.16. The average Bonchev–Trinajstić information content (AvgIpc) is 2.97. The van der Waals surface area contributed by atoms with Gasteiger partial charge in [0, 0.05) is 13.1 Å². The first kappa shape index (κ1) is 31.9. The molecule has 0 aliphatic heterocycles. The number of anilines is 1. The molecule has 0 fully saturated rings. The Morgan fingerprint density at radius 3 is 2.05 bits per heavy atom. The van der Waals surface area contributed by atoms with Crippen LogP contribution in [0.3, 0.4) is 0 Å². The summed E-state index contributed by atoms with van der Waals surface area (Å²) in [5, 5.41) is 2.96. The second-order valence-electron chi connectivity index (χ2n) is 10.4. The monoisotopic (exact) mass is 577 g/mol. The van der Waals surface area contributed by atoms with Crippen LogP contribution in [0, 0.1) is 13.8 Å². The van der Waals surface area contributed by atoms with Crippen LogP contribution in [0.2, 0.25) is 0 Å². The van der Waals surface area contributed by atoms with Gasteiger partial charge in [-0.25, -0.2) is 8.42 Å². The van der Waals surface area contributed by atoms with Gasteiger partial charge in [-0.15, -0.1) is 0 Å². The second-order valence-corrected chi connectivity index (χ2v) is 12.2. The number of nitrogens with one attached hydrogen (secondary N) is 1. The van der Waals surface area contributed by atoms with Crippen LogP contribution in [-0.2, 0) is 32.6 Å². The molecule has 2 amide bonds. The number of benzene rings is 3. The molecule has 1 N–H and O–H groups in total. The van der Waals surface area contributed by atoms with Crippen molar-refractivity contribution in [3.63, 3.8) is 0 Å². The van der Waals surface area contributed by atoms with E-state index in [9.17, 15) is 18.0 Å². The molecule has 0 saturated heterocycles. The number of hydrogen-bond acceptors (Lipinski definition) is 4. The molecular weight excluding hydrogens is 534 g/mol. The van der Waals surface area contributed by atoms with E-state index in [1.807, 2.05) is 71.0 Å². The van der Waals surface area contributed by atoms with Crippen LogP contribution < -0.4 is 9.62 Å². The molecule has 3 rings (SSSR count). The number of rotatable bonds is 14. The molecule has 0 unspecified atom stereocenters. The lowest BCUT2D eigenvalue weighted by Gasteiger charge is -2.33. The predicted octanol–water partition coefficient (Wildman–Crippen LogP) is 5.78. The minimum absolute atomic E-state index is 0.108. The maximum absolute atomic E-state index is 14.2. The summed E-state index contributed by atoms with van der Waals surface area (Å²) in [5.74, 6) is -0.673. The number of amides is 2. The SMILES string of the molecule is CCCCNC(=O)[C@@H](CC)N(Cc1ccc(C)cc1)C(=O)CN(c1ccccc1CC)S(=O)(=O)c1ccc(C)cc1. The van der Waals surface area contributed by atoms with Crippen molar-refractivity contribution < 1.29 is 18.0 Å². The molecule has 8 heteroatoms. The van der Waals surface area contributed by atoms with Gasteiger partial charge >= 0.3 is 0 Å². The number of unbranched alkanes of at least 4 members (excludes halogenated alkanes) is 1. The van der Waals surface area contributed by atoms with Crippen LogP contribution in [0.4, 0.5) is 5.69 Å². The topological polar surface area (TPSA) is 86.8 Å². The smallest absolute Gasteiger partial charge is 0.264 e. The van der Waals surface area contributed by atoms with Crippen molar-refractivity contribution in [2.24, 2.45) is 0 Å². The largest absolute Gasteiger partial charge is 0.354 e. The number of para-hydroxylation sites is 1. The van der Waals surface area contributed by atoms with Gasteiger partial charge in [0.15, 0.2) is 0 Å². The predicted molar refractivity (Wildman–Crippen MR) is 165 cm³/mol. The Hall–Kier alpha value is -3.65. The number of carbonyl (C=O) groups excluding carboxylic acids is 2. The van der Waals surface area contributed by atoms with E-state index in [-0.39, 0.29) is 17.3 Å². The van der Waals surface area contributed by atoms with E-state index in [0.29, 0.717) is 25.1 Å². The molecule has 0 aliphatic carbocycles. The molecule has 1 atom stereocenters. The fraction of sp³-hybridized carbons (Fsp3) is 0.394. The van der Waals surface area contributed by atoms with Crippen molar-refractivity contribution in [2.45, 2.75) is 77.8 Å². The van der Waals surface area contributed by atoms with Crippen molar-refractivity contribution >= 4 is 27.5 Å². The summed E-state index contributed by atoms with van der Waals surface area (Å²) < 4.78 is 29.4. The molecule has 0 aliphatic rings. The third-order valence-electron chi connectivity index (χ3n) is 7.22. The van der Waals surface area contributed by atoms with Gasteiger partial charge in [-0.3, -0.25) is 13.9 Å². The maximum Gasteiger partial charge on any atom is 0.264 e. The van der Waals surface area contributed by atoms with Gasteiger partial charge in [-0.05, 0) is 62.4 Å². The van der Waals surface area contributed by atoms with Crippen LogP contribution in [-0.4, -0.2) is 44.3 Å². The first-order valence-corrected chi connectivity index (χ1v) is 15.9. The number of sulfonamides is 1. The first-order valence-electron chi connectivity index (χ1n) is 14.4. The number of aryl methyl sites for hydroxylation is 3. The summed E-state index contributed by atoms with van der Waals surface area (Å²) in [6.45, 7) is 10.0. The van der Waals surface area contributed by atoms with E-state index in [1.165, 1.54) is 9.21 Å². The zero-order chi connectivity index (χ0) is 30.0. The Morgan fingerprint density at radius 2 is 1.46 bits per heavy atom. The lowest BCUT2D eigenvalue weighted by Crippen LogP contribution is -2.52. The van der Waals surface area contributed by atoms with Gasteiger partial charge in [-0.1, -0.05) is 92.9 Å². The fourth-order valence-electron chi connectivity index (χ4n) is 4.72. The highest BCUT2D eigenvalue weighted by molar-refractivity contribution is 7.92. The summed E-state index contributed by atoms with van der Waals surface area (Å²) in [4.78, 5) is 29.1. The Bertz CT molecular complexity index is 1400. The summed E-state index contributed by atoms with van der Waals surface area (Å²) >= 11 is 0. The van der Waals surface area contributed by atoms with Crippen LogP contribution in [0.15, 0.2) is 77.7 Å². The molecule has 3 aromatic rings. The molecule has 0 aromatic heterocycles. The summed E-state index contributed by atoms with van der Waals surface area (Å²) in [6, 6.07) is 20.9. The molecule has 7 nitrogen and oxygen atoms in total. The number of carbonyl (C=O) groups is 2. The van der Waals surface area contributed by atoms with Gasteiger partial charge < -0.3 is 10.2 Å². The average molecular weight is 578 g/mol. The number of nitrogens with zero attached hydrogens (tertiary/aromatic N) is 2. The van der Waals surface area contributed by atoms with E-state index in [0.717, 1.165) is 35.1 Å². The standard InChI is InChI=1S/C33H43N3O4S/c1-6-9-22-34-33(38)30(8-3)35(23-27-18-14-25(4)15-19-27)32(37)24-36(31-13-11-10-12-28(31)7-2)41(39,40)29-20-16-26(5)17-21-29/h10-21,30H,6-9,22-24H2,1-5H3,(H,34,38)/t30-/m1/s1. The van der Waals surface area contributed by atoms with Crippen molar-refractivity contribution in [1.29, 1.82) is 0 Å². The molecule has 0 radical (unpaired) electrons. The molecule has 0 spiro atoms. The molecule has 0 bridgehead atoms. The Kier molecular flexibility index (Phi) is 11.5. The first-order chi connectivity index (χ1) is 19.6. The van der Waals surface area contributed by atoms with Crippen LogP contribution in [0.1, 0.15) is 62.3 Å². The lowest BCUT2D eigenvalue weighted by atomic mass is 10.1. The fourth-order valence-corrected chi connectivity index (χ4v) is 6.17. The van der Waals surface area contributed by atoms with Crippen LogP contribution in [0.5, 0.6) is 0 Å². The third kappa shape index (κ3) is 8.19. The molecular formula is C33H43N3O4S. The van der Waals surface area contributed by atoms with E-state index in [2.05, 4.69) is 5.32 Å². The molecule has 220 valence electrons. The zero-order valence-electron chi connectivity index (χ0n) is 24.9. The van der Waals surface area contributed by atoms with Crippen LogP contribution in [0.25, 0.3) is 0 Å². The zero-order valence-corrected chi connectivity index (χ0v) is 25.7. The normalized spacial score (nSPS) is 12.0. The minimum Gasteiger partial charge on any atom is -0.354 e. The summed E-state index contributed by atoms with van der Waals surface area (Å²) in [6.07, 6.45) is 2.76. The Morgan fingerprint density at radius 1 is 0.854 bits per heavy atom. The summed E-state index contributed by atoms with van der Waals surface area (Å²) in [7, 11) is -4.10. The van der Waals surface area contributed by atoms with E-state index in [1.54, 1.807) is 36.4 Å². The lowest BCUT2D eigenvalue weighted by molar-refractivity contribution is -0.140. The van der Waals surface area contributed by atoms with Crippen molar-refractivity contribution in [3.8, 4) is 0 Å². The van der Waals surface area contributed by atoms with Gasteiger partial charge in [0.2, 0.25) is 11.8 Å². The van der Waals surface area contributed by atoms with E-state index in [4.69, 9.17) is 0 Å². The molecule has 0 heterocycles.